The highest BCUT2D eigenvalue weighted by Crippen LogP contribution is 2.16. The molecule has 1 atom stereocenters. The molecule has 0 saturated heterocycles. The summed E-state index contributed by atoms with van der Waals surface area (Å²) in [4.78, 5) is 22.3. The summed E-state index contributed by atoms with van der Waals surface area (Å²) in [6, 6.07) is 9.32. The molecule has 3 N–H and O–H groups in total. The first kappa shape index (κ1) is 13.5. The van der Waals surface area contributed by atoms with Gasteiger partial charge in [0.15, 0.2) is 6.61 Å². The lowest BCUT2D eigenvalue weighted by atomic mass is 10.0. The van der Waals surface area contributed by atoms with E-state index in [4.69, 9.17) is 11.0 Å². The summed E-state index contributed by atoms with van der Waals surface area (Å²) in [7, 11) is 0. The molecule has 0 fully saturated rings. The third-order valence-electron chi connectivity index (χ3n) is 2.19. The molecule has 0 aliphatic heterocycles. The van der Waals surface area contributed by atoms with Gasteiger partial charge in [-0.05, 0) is 5.56 Å². The third kappa shape index (κ3) is 4.53. The van der Waals surface area contributed by atoms with Crippen LogP contribution in [0.3, 0.4) is 0 Å². The van der Waals surface area contributed by atoms with Crippen LogP contribution >= 0.6 is 0 Å². The fourth-order valence-electron chi connectivity index (χ4n) is 1.45. The minimum Gasteiger partial charge on any atom is -0.450 e. The van der Waals surface area contributed by atoms with Crippen molar-refractivity contribution < 1.29 is 14.3 Å². The molecule has 0 heterocycles. The fraction of sp³-hybridized carbons (Fsp3) is 0.250. The molecule has 0 saturated carbocycles. The number of primary amides is 1. The van der Waals surface area contributed by atoms with Gasteiger partial charge >= 0.3 is 12.0 Å². The van der Waals surface area contributed by atoms with Crippen LogP contribution in [0.5, 0.6) is 0 Å². The van der Waals surface area contributed by atoms with E-state index in [0.717, 1.165) is 5.56 Å². The van der Waals surface area contributed by atoms with Crippen molar-refractivity contribution in [1.82, 2.24) is 5.32 Å². The minimum absolute atomic E-state index is 0.0748. The lowest BCUT2D eigenvalue weighted by Gasteiger charge is -2.16. The Morgan fingerprint density at radius 2 is 2.06 bits per heavy atom. The molecule has 0 radical (unpaired) electrons. The van der Waals surface area contributed by atoms with Crippen molar-refractivity contribution in [3.05, 3.63) is 35.9 Å². The number of nitriles is 1. The second kappa shape index (κ2) is 6.91. The Hall–Kier alpha value is -2.55. The minimum atomic E-state index is -0.725. The first-order valence-electron chi connectivity index (χ1n) is 5.27. The molecule has 2 amide bonds. The number of nitrogens with one attached hydrogen (secondary N) is 1. The number of carbonyl (C=O) groups is 2. The van der Waals surface area contributed by atoms with E-state index in [-0.39, 0.29) is 13.0 Å². The molecule has 0 spiro atoms. The van der Waals surface area contributed by atoms with Gasteiger partial charge < -0.3 is 15.8 Å². The molecule has 6 nitrogen and oxygen atoms in total. The summed E-state index contributed by atoms with van der Waals surface area (Å²) < 4.78 is 4.63. The quantitative estimate of drug-likeness (QED) is 0.752. The SMILES string of the molecule is N#CCOC(=O)C[C@@H](NC(N)=O)c1ccccc1. The predicted molar refractivity (Wildman–Crippen MR) is 63.1 cm³/mol. The van der Waals surface area contributed by atoms with Crippen LogP contribution in [-0.2, 0) is 9.53 Å². The monoisotopic (exact) mass is 247 g/mol. The summed E-state index contributed by atoms with van der Waals surface area (Å²) in [5, 5.41) is 10.8. The Balaban J connectivity index is 2.71. The van der Waals surface area contributed by atoms with Gasteiger partial charge in [-0.25, -0.2) is 4.79 Å². The van der Waals surface area contributed by atoms with E-state index in [9.17, 15) is 9.59 Å². The Kier molecular flexibility index (Phi) is 5.19. The van der Waals surface area contributed by atoms with Crippen LogP contribution in [0.4, 0.5) is 4.79 Å². The maximum atomic E-state index is 11.4. The standard InChI is InChI=1S/C12H13N3O3/c13-6-7-18-11(16)8-10(15-12(14)17)9-4-2-1-3-5-9/h1-5,10H,7-8H2,(H3,14,15,17)/t10-/m1/s1. The molecule has 1 aromatic carbocycles. The number of ether oxygens (including phenoxy) is 1. The first-order valence-corrected chi connectivity index (χ1v) is 5.27. The maximum Gasteiger partial charge on any atom is 0.312 e. The van der Waals surface area contributed by atoms with Crippen molar-refractivity contribution in [2.75, 3.05) is 6.61 Å². The number of carbonyl (C=O) groups excluding carboxylic acids is 2. The second-order valence-corrected chi connectivity index (χ2v) is 3.49. The molecule has 0 aliphatic rings. The molecule has 0 unspecified atom stereocenters. The Labute approximate surface area is 104 Å². The molecule has 1 aromatic rings. The van der Waals surface area contributed by atoms with Gasteiger partial charge in [0.1, 0.15) is 6.07 Å². The highest BCUT2D eigenvalue weighted by Gasteiger charge is 2.17. The van der Waals surface area contributed by atoms with Gasteiger partial charge in [0.2, 0.25) is 0 Å². The normalized spacial score (nSPS) is 11.1. The number of amides is 2. The summed E-state index contributed by atoms with van der Waals surface area (Å²) in [6.45, 7) is -0.309. The zero-order valence-corrected chi connectivity index (χ0v) is 9.63. The maximum absolute atomic E-state index is 11.4. The van der Waals surface area contributed by atoms with Gasteiger partial charge in [-0.3, -0.25) is 4.79 Å². The number of urea groups is 1. The highest BCUT2D eigenvalue weighted by atomic mass is 16.5. The number of hydrogen-bond donors (Lipinski definition) is 2. The topological polar surface area (TPSA) is 105 Å². The zero-order valence-electron chi connectivity index (χ0n) is 9.63. The number of benzene rings is 1. The van der Waals surface area contributed by atoms with Crippen LogP contribution in [0.2, 0.25) is 0 Å². The van der Waals surface area contributed by atoms with E-state index < -0.39 is 18.0 Å². The third-order valence-corrected chi connectivity index (χ3v) is 2.19. The largest absolute Gasteiger partial charge is 0.450 e. The van der Waals surface area contributed by atoms with E-state index in [0.29, 0.717) is 0 Å². The van der Waals surface area contributed by atoms with Gasteiger partial charge in [-0.2, -0.15) is 5.26 Å². The van der Waals surface area contributed by atoms with E-state index in [1.165, 1.54) is 0 Å². The van der Waals surface area contributed by atoms with Crippen LogP contribution in [0.25, 0.3) is 0 Å². The predicted octanol–water partition coefficient (Wildman–Crippen LogP) is 0.853. The smallest absolute Gasteiger partial charge is 0.312 e. The number of nitrogens with zero attached hydrogens (tertiary/aromatic N) is 1. The first-order chi connectivity index (χ1) is 8.63. The van der Waals surface area contributed by atoms with E-state index in [2.05, 4.69) is 10.1 Å². The molecule has 0 aliphatic carbocycles. The molecule has 6 heteroatoms. The molecule has 0 bridgehead atoms. The van der Waals surface area contributed by atoms with Crippen molar-refractivity contribution in [3.63, 3.8) is 0 Å². The summed E-state index contributed by atoms with van der Waals surface area (Å²) in [5.41, 5.74) is 5.79. The number of rotatable bonds is 5. The van der Waals surface area contributed by atoms with Gasteiger partial charge in [-0.15, -0.1) is 0 Å². The van der Waals surface area contributed by atoms with Gasteiger partial charge in [-0.1, -0.05) is 30.3 Å². The second-order valence-electron chi connectivity index (χ2n) is 3.49. The van der Waals surface area contributed by atoms with Crippen LogP contribution in [0, 0.1) is 11.3 Å². The summed E-state index contributed by atoms with van der Waals surface area (Å²) in [5.74, 6) is -0.570. The van der Waals surface area contributed by atoms with Crippen LogP contribution < -0.4 is 11.1 Å². The van der Waals surface area contributed by atoms with Crippen LogP contribution in [-0.4, -0.2) is 18.6 Å². The average Bonchev–Trinajstić information content (AvgIpc) is 2.36. The van der Waals surface area contributed by atoms with E-state index in [1.807, 2.05) is 6.07 Å². The van der Waals surface area contributed by atoms with Crippen molar-refractivity contribution in [2.24, 2.45) is 5.73 Å². The molecule has 18 heavy (non-hydrogen) atoms. The summed E-state index contributed by atoms with van der Waals surface area (Å²) >= 11 is 0. The Bertz CT molecular complexity index is 453. The van der Waals surface area contributed by atoms with Gasteiger partial charge in [0.25, 0.3) is 0 Å². The molecule has 94 valence electrons. The fourth-order valence-corrected chi connectivity index (χ4v) is 1.45. The molecule has 0 aromatic heterocycles. The van der Waals surface area contributed by atoms with Crippen molar-refractivity contribution in [1.29, 1.82) is 5.26 Å². The van der Waals surface area contributed by atoms with Crippen molar-refractivity contribution in [2.45, 2.75) is 12.5 Å². The van der Waals surface area contributed by atoms with Crippen molar-refractivity contribution in [3.8, 4) is 6.07 Å². The Morgan fingerprint density at radius 3 is 2.61 bits per heavy atom. The van der Waals surface area contributed by atoms with Crippen LogP contribution in [0.15, 0.2) is 30.3 Å². The van der Waals surface area contributed by atoms with Crippen LogP contribution in [0.1, 0.15) is 18.0 Å². The van der Waals surface area contributed by atoms with E-state index in [1.54, 1.807) is 30.3 Å². The Morgan fingerprint density at radius 1 is 1.39 bits per heavy atom. The highest BCUT2D eigenvalue weighted by molar-refractivity contribution is 5.75. The zero-order chi connectivity index (χ0) is 13.4. The number of hydrogen-bond acceptors (Lipinski definition) is 4. The molecular formula is C12H13N3O3. The van der Waals surface area contributed by atoms with Gasteiger partial charge in [0.05, 0.1) is 12.5 Å². The molecular weight excluding hydrogens is 234 g/mol. The lowest BCUT2D eigenvalue weighted by Crippen LogP contribution is -2.34. The van der Waals surface area contributed by atoms with E-state index >= 15 is 0 Å². The molecule has 1 rings (SSSR count). The lowest BCUT2D eigenvalue weighted by molar-refractivity contribution is -0.142. The number of nitrogens with two attached hydrogens (primary N) is 1. The number of esters is 1. The average molecular weight is 247 g/mol. The van der Waals surface area contributed by atoms with Crippen molar-refractivity contribution >= 4 is 12.0 Å². The summed E-state index contributed by atoms with van der Waals surface area (Å²) in [6.07, 6.45) is -0.0748. The van der Waals surface area contributed by atoms with Gasteiger partial charge in [0, 0.05) is 0 Å².